The summed E-state index contributed by atoms with van der Waals surface area (Å²) in [7, 11) is -4.56. The fraction of sp³-hybridized carbons (Fsp3) is 0.871. The Morgan fingerprint density at radius 1 is 0.907 bits per heavy atom. The van der Waals surface area contributed by atoms with Crippen LogP contribution in [-0.2, 0) is 34.2 Å². The van der Waals surface area contributed by atoms with Gasteiger partial charge in [0.15, 0.2) is 12.3 Å². The molecule has 1 N–H and O–H groups in total. The highest BCUT2D eigenvalue weighted by atomic mass is 32.1. The third-order valence-corrected chi connectivity index (χ3v) is 9.35. The van der Waals surface area contributed by atoms with Crippen LogP contribution in [0.4, 0.5) is 4.79 Å². The van der Waals surface area contributed by atoms with Crippen LogP contribution in [0.25, 0.3) is 0 Å². The van der Waals surface area contributed by atoms with E-state index in [-0.39, 0.29) is 19.8 Å². The average Bonchev–Trinajstić information content (AvgIpc) is 3.53. The highest BCUT2D eigenvalue weighted by Crippen LogP contribution is 2.38. The molecule has 1 amide bonds. The van der Waals surface area contributed by atoms with Gasteiger partial charge in [0.1, 0.15) is 0 Å². The number of nitrogens with zero attached hydrogens (tertiary/aromatic N) is 1. The van der Waals surface area contributed by atoms with Crippen LogP contribution in [0.3, 0.4) is 0 Å². The number of unbranched alkanes of at least 4 members (excludes halogenated alkanes) is 15. The molecule has 1 aliphatic rings. The molecule has 2 rings (SSSR count). The van der Waals surface area contributed by atoms with Crippen molar-refractivity contribution >= 4 is 25.3 Å². The smallest absolute Gasteiger partial charge is 0.410 e. The summed E-state index contributed by atoms with van der Waals surface area (Å²) >= 11 is 1.48. The van der Waals surface area contributed by atoms with E-state index in [1.807, 2.05) is 5.38 Å². The lowest BCUT2D eigenvalue weighted by atomic mass is 10.0. The number of hydrogen-bond donors (Lipinski definition) is 0. The van der Waals surface area contributed by atoms with Crippen molar-refractivity contribution in [1.29, 1.82) is 0 Å². The van der Waals surface area contributed by atoms with Crippen LogP contribution in [0.15, 0.2) is 11.6 Å². The quantitative estimate of drug-likeness (QED) is 0.0762. The van der Waals surface area contributed by atoms with Gasteiger partial charge in [0.2, 0.25) is 5.01 Å². The number of carbonyl (C=O) groups is 1. The Morgan fingerprint density at radius 2 is 1.49 bits per heavy atom. The number of carbonyl (C=O) groups excluding carboxylic acids is 1. The molecule has 12 heteroatoms. The fourth-order valence-electron chi connectivity index (χ4n) is 4.92. The number of hydrogen-bond acceptors (Lipinski definition) is 9. The minimum Gasteiger partial charge on any atom is -0.756 e. The number of aromatic nitrogens is 1. The molecule has 250 valence electrons. The molecule has 1 aromatic rings. The van der Waals surface area contributed by atoms with Crippen molar-refractivity contribution in [1.82, 2.24) is 4.90 Å². The largest absolute Gasteiger partial charge is 0.756 e. The lowest BCUT2D eigenvalue weighted by Gasteiger charge is -2.29. The van der Waals surface area contributed by atoms with Crippen LogP contribution >= 0.6 is 19.2 Å². The van der Waals surface area contributed by atoms with Gasteiger partial charge in [-0.15, -0.1) is 0 Å². The average molecular weight is 649 g/mol. The van der Waals surface area contributed by atoms with E-state index in [1.165, 1.54) is 106 Å². The Balaban J connectivity index is 1.53. The predicted octanol–water partition coefficient (Wildman–Crippen LogP) is 6.72. The van der Waals surface area contributed by atoms with Crippen molar-refractivity contribution in [3.05, 3.63) is 16.6 Å². The van der Waals surface area contributed by atoms with Gasteiger partial charge in [0, 0.05) is 19.7 Å². The lowest BCUT2D eigenvalue weighted by Crippen LogP contribution is -2.43. The van der Waals surface area contributed by atoms with Crippen LogP contribution in [-0.4, -0.2) is 69.8 Å². The number of morpholine rings is 1. The number of nitrogens with one attached hydrogen (secondary N) is 1. The first-order chi connectivity index (χ1) is 21.0. The van der Waals surface area contributed by atoms with Gasteiger partial charge < -0.3 is 33.1 Å². The lowest BCUT2D eigenvalue weighted by molar-refractivity contribution is -0.382. The summed E-state index contributed by atoms with van der Waals surface area (Å²) < 4.78 is 38.9. The van der Waals surface area contributed by atoms with E-state index < -0.39 is 20.0 Å². The summed E-state index contributed by atoms with van der Waals surface area (Å²) in [5.74, 6) is 0. The van der Waals surface area contributed by atoms with Gasteiger partial charge in [-0.2, -0.15) is 0 Å². The maximum absolute atomic E-state index is 12.6. The van der Waals surface area contributed by atoms with Crippen molar-refractivity contribution in [3.63, 3.8) is 0 Å². The molecular formula is C31H57N2O8PS. The normalized spacial score (nSPS) is 15.8. The Kier molecular flexibility index (Phi) is 22.3. The molecule has 0 bridgehead atoms. The number of phosphoric acid groups is 1. The third kappa shape index (κ3) is 20.6. The summed E-state index contributed by atoms with van der Waals surface area (Å²) in [6, 6.07) is 0. The molecular weight excluding hydrogens is 591 g/mol. The number of thiazole rings is 1. The zero-order valence-corrected chi connectivity index (χ0v) is 28.2. The molecule has 1 saturated heterocycles. The molecule has 0 aliphatic carbocycles. The first-order valence-corrected chi connectivity index (χ1v) is 19.0. The summed E-state index contributed by atoms with van der Waals surface area (Å²) in [5.41, 5.74) is 0. The summed E-state index contributed by atoms with van der Waals surface area (Å²) in [6.07, 6.45) is 21.6. The zero-order chi connectivity index (χ0) is 30.9. The van der Waals surface area contributed by atoms with Gasteiger partial charge >= 0.3 is 6.09 Å². The Hall–Kier alpha value is -1.07. The maximum atomic E-state index is 12.6. The van der Waals surface area contributed by atoms with Crippen molar-refractivity contribution in [2.24, 2.45) is 0 Å². The van der Waals surface area contributed by atoms with E-state index in [0.29, 0.717) is 39.3 Å². The van der Waals surface area contributed by atoms with E-state index in [2.05, 4.69) is 11.9 Å². The van der Waals surface area contributed by atoms with Crippen molar-refractivity contribution in [2.45, 2.75) is 122 Å². The minimum atomic E-state index is -4.56. The topological polar surface area (TPSA) is 121 Å². The van der Waals surface area contributed by atoms with Crippen LogP contribution in [0.5, 0.6) is 0 Å². The number of amides is 1. The first-order valence-electron chi connectivity index (χ1n) is 16.7. The highest BCUT2D eigenvalue weighted by molar-refractivity contribution is 7.45. The maximum Gasteiger partial charge on any atom is 0.410 e. The Bertz CT molecular complexity index is 842. The SMILES string of the molecule is CCCCCCCCCCCCCCCCCCOCC(COP(=O)([O-])OCCc1[nH+]ccs1)OC(=O)N1CCOCC1. The standard InChI is InChI=1S/C31H57N2O8PS/c1-2-3-4-5-6-7-8-9-10-11-12-13-14-15-16-17-22-38-27-29(41-31(34)33-20-24-37-25-21-33)28-40-42(35,36)39-23-18-30-32-19-26-43-30/h19,26,29H,2-18,20-25,27-28H2,1H3,(H,35,36). The molecule has 1 fully saturated rings. The molecule has 1 aliphatic heterocycles. The van der Waals surface area contributed by atoms with Gasteiger partial charge in [-0.3, -0.25) is 4.57 Å². The van der Waals surface area contributed by atoms with Crippen LogP contribution in [0, 0.1) is 0 Å². The summed E-state index contributed by atoms with van der Waals surface area (Å²) in [6.45, 7) is 4.18. The van der Waals surface area contributed by atoms with Crippen molar-refractivity contribution in [3.8, 4) is 0 Å². The number of H-pyrrole nitrogens is 1. The molecule has 2 atom stereocenters. The van der Waals surface area contributed by atoms with Gasteiger partial charge in [-0.05, 0) is 6.42 Å². The van der Waals surface area contributed by atoms with E-state index in [4.69, 9.17) is 23.3 Å². The molecule has 0 radical (unpaired) electrons. The van der Waals surface area contributed by atoms with Crippen LogP contribution in [0.1, 0.15) is 115 Å². The minimum absolute atomic E-state index is 0.0359. The Morgan fingerprint density at radius 3 is 2.05 bits per heavy atom. The molecule has 0 spiro atoms. The molecule has 0 saturated carbocycles. The van der Waals surface area contributed by atoms with E-state index in [1.54, 1.807) is 6.20 Å². The van der Waals surface area contributed by atoms with Crippen LogP contribution < -0.4 is 9.88 Å². The van der Waals surface area contributed by atoms with E-state index in [0.717, 1.165) is 17.8 Å². The number of ether oxygens (including phenoxy) is 3. The third-order valence-electron chi connectivity index (χ3n) is 7.50. The molecule has 43 heavy (non-hydrogen) atoms. The van der Waals surface area contributed by atoms with Gasteiger partial charge in [-0.25, -0.2) is 9.78 Å². The second-order valence-electron chi connectivity index (χ2n) is 11.3. The van der Waals surface area contributed by atoms with Crippen LogP contribution in [0.2, 0.25) is 0 Å². The van der Waals surface area contributed by atoms with E-state index >= 15 is 0 Å². The van der Waals surface area contributed by atoms with E-state index in [9.17, 15) is 14.3 Å². The molecule has 2 unspecified atom stereocenters. The molecule has 1 aromatic heterocycles. The van der Waals surface area contributed by atoms with Gasteiger partial charge in [0.05, 0.1) is 44.8 Å². The predicted molar refractivity (Wildman–Crippen MR) is 167 cm³/mol. The number of phosphoric ester groups is 1. The monoisotopic (exact) mass is 648 g/mol. The van der Waals surface area contributed by atoms with Gasteiger partial charge in [-0.1, -0.05) is 115 Å². The second kappa shape index (κ2) is 25.2. The van der Waals surface area contributed by atoms with Crippen molar-refractivity contribution in [2.75, 3.05) is 52.7 Å². The summed E-state index contributed by atoms with van der Waals surface area (Å²) in [4.78, 5) is 29.4. The molecule has 0 aromatic carbocycles. The van der Waals surface area contributed by atoms with Gasteiger partial charge in [0.25, 0.3) is 7.82 Å². The highest BCUT2D eigenvalue weighted by Gasteiger charge is 2.24. The first kappa shape index (κ1) is 38.1. The molecule has 2 heterocycles. The fourth-order valence-corrected chi connectivity index (χ4v) is 6.29. The number of aromatic amines is 1. The number of rotatable bonds is 27. The Labute approximate surface area is 263 Å². The molecule has 10 nitrogen and oxygen atoms in total. The van der Waals surface area contributed by atoms with Crippen molar-refractivity contribution < 1.29 is 42.5 Å². The second-order valence-corrected chi connectivity index (χ2v) is 13.7. The summed E-state index contributed by atoms with van der Waals surface area (Å²) in [5, 5.41) is 2.77. The zero-order valence-electron chi connectivity index (χ0n) is 26.5.